The van der Waals surface area contributed by atoms with Crippen molar-refractivity contribution < 1.29 is 30.0 Å². The zero-order valence-electron chi connectivity index (χ0n) is 13.5. The van der Waals surface area contributed by atoms with Gasteiger partial charge in [0.25, 0.3) is 0 Å². The van der Waals surface area contributed by atoms with Crippen LogP contribution in [-0.4, -0.2) is 23.2 Å². The van der Waals surface area contributed by atoms with Crippen molar-refractivity contribution in [3.05, 3.63) is 71.8 Å². The molecular formula is C16H12F3N3O4S. The number of rotatable bonds is 7. The van der Waals surface area contributed by atoms with Gasteiger partial charge in [0.15, 0.2) is 0 Å². The quantitative estimate of drug-likeness (QED) is 0.568. The number of hydrogen-bond acceptors (Lipinski definition) is 6. The van der Waals surface area contributed by atoms with Crippen LogP contribution in [0.3, 0.4) is 0 Å². The zero-order chi connectivity index (χ0) is 19.4. The van der Waals surface area contributed by atoms with Crippen LogP contribution in [0.25, 0.3) is 0 Å². The fourth-order valence-electron chi connectivity index (χ4n) is 2.25. The molecule has 11 heteroatoms. The van der Waals surface area contributed by atoms with Crippen LogP contribution in [0.4, 0.5) is 12.7 Å². The average molecular weight is 399 g/mol. The molecule has 0 saturated carbocycles. The summed E-state index contributed by atoms with van der Waals surface area (Å²) in [6.07, 6.45) is 2.70. The van der Waals surface area contributed by atoms with Gasteiger partial charge >= 0.3 is 10.5 Å². The topological polar surface area (TPSA) is 83.3 Å². The lowest BCUT2D eigenvalue weighted by atomic mass is 10.1. The lowest BCUT2D eigenvalue weighted by Crippen LogP contribution is -2.08. The van der Waals surface area contributed by atoms with Crippen LogP contribution in [0.5, 0.6) is 11.5 Å². The van der Waals surface area contributed by atoms with E-state index in [-0.39, 0.29) is 29.2 Å². The monoisotopic (exact) mass is 399 g/mol. The highest BCUT2D eigenvalue weighted by molar-refractivity contribution is 7.81. The predicted octanol–water partition coefficient (Wildman–Crippen LogP) is 2.78. The second-order valence-electron chi connectivity index (χ2n) is 5.33. The highest BCUT2D eigenvalue weighted by atomic mass is 32.3. The number of ether oxygens (including phenoxy) is 1. The van der Waals surface area contributed by atoms with Gasteiger partial charge in [-0.2, -0.15) is 13.5 Å². The van der Waals surface area contributed by atoms with Gasteiger partial charge < -0.3 is 8.92 Å². The number of halogens is 3. The molecular weight excluding hydrogens is 387 g/mol. The van der Waals surface area contributed by atoms with Gasteiger partial charge in [-0.3, -0.25) is 0 Å². The third-order valence-corrected chi connectivity index (χ3v) is 3.86. The molecule has 0 aliphatic rings. The molecule has 142 valence electrons. The summed E-state index contributed by atoms with van der Waals surface area (Å²) in [6.45, 7) is -0.340. The summed E-state index contributed by atoms with van der Waals surface area (Å²) in [5.74, 6) is -1.64. The first-order valence-corrected chi connectivity index (χ1v) is 8.78. The number of aromatic nitrogens is 3. The van der Waals surface area contributed by atoms with Crippen LogP contribution in [-0.2, 0) is 23.7 Å². The molecule has 2 aromatic carbocycles. The first kappa shape index (κ1) is 18.7. The SMILES string of the molecule is O=S(=O)(F)Oc1ccc(OCc2c(F)ccc(Cn3cncn3)c2F)cc1. The van der Waals surface area contributed by atoms with Crippen molar-refractivity contribution in [1.82, 2.24) is 14.8 Å². The second kappa shape index (κ2) is 7.66. The number of benzene rings is 2. The van der Waals surface area contributed by atoms with Crippen LogP contribution in [0.2, 0.25) is 0 Å². The van der Waals surface area contributed by atoms with E-state index in [0.29, 0.717) is 0 Å². The third kappa shape index (κ3) is 4.97. The second-order valence-corrected chi connectivity index (χ2v) is 6.28. The molecule has 0 saturated heterocycles. The fourth-order valence-corrected chi connectivity index (χ4v) is 2.59. The Balaban J connectivity index is 1.72. The van der Waals surface area contributed by atoms with E-state index in [0.717, 1.165) is 18.2 Å². The van der Waals surface area contributed by atoms with E-state index >= 15 is 0 Å². The highest BCUT2D eigenvalue weighted by Gasteiger charge is 2.15. The Morgan fingerprint density at radius 3 is 2.37 bits per heavy atom. The zero-order valence-corrected chi connectivity index (χ0v) is 14.4. The molecule has 3 rings (SSSR count). The van der Waals surface area contributed by atoms with Crippen LogP contribution in [0.15, 0.2) is 49.1 Å². The fraction of sp³-hybridized carbons (Fsp3) is 0.125. The van der Waals surface area contributed by atoms with Gasteiger partial charge in [0.05, 0.1) is 12.1 Å². The van der Waals surface area contributed by atoms with E-state index < -0.39 is 28.7 Å². The molecule has 0 atom stereocenters. The standard InChI is InChI=1S/C16H12F3N3O4S/c17-15-6-1-11(7-22-10-20-9-21-22)16(18)14(15)8-25-12-2-4-13(5-3-12)26-27(19,23)24/h1-6,9-10H,7-8H2. The number of nitrogens with zero attached hydrogens (tertiary/aromatic N) is 3. The lowest BCUT2D eigenvalue weighted by molar-refractivity contribution is 0.291. The molecule has 0 radical (unpaired) electrons. The highest BCUT2D eigenvalue weighted by Crippen LogP contribution is 2.23. The summed E-state index contributed by atoms with van der Waals surface area (Å²) in [4.78, 5) is 3.75. The van der Waals surface area contributed by atoms with Crippen LogP contribution >= 0.6 is 0 Å². The van der Waals surface area contributed by atoms with Gasteiger partial charge in [-0.05, 0) is 30.3 Å². The van der Waals surface area contributed by atoms with E-state index in [1.165, 1.54) is 35.5 Å². The predicted molar refractivity (Wildman–Crippen MR) is 86.9 cm³/mol. The Labute approximate surface area is 152 Å². The summed E-state index contributed by atoms with van der Waals surface area (Å²) >= 11 is 0. The van der Waals surface area contributed by atoms with E-state index in [1.54, 1.807) is 0 Å². The smallest absolute Gasteiger partial charge is 0.488 e. The van der Waals surface area contributed by atoms with Crippen molar-refractivity contribution in [1.29, 1.82) is 0 Å². The van der Waals surface area contributed by atoms with Gasteiger partial charge in [-0.1, -0.05) is 9.95 Å². The van der Waals surface area contributed by atoms with Crippen molar-refractivity contribution in [3.63, 3.8) is 0 Å². The molecule has 0 spiro atoms. The molecule has 7 nitrogen and oxygen atoms in total. The van der Waals surface area contributed by atoms with Crippen LogP contribution in [0.1, 0.15) is 11.1 Å². The van der Waals surface area contributed by atoms with E-state index in [1.807, 2.05) is 0 Å². The third-order valence-electron chi connectivity index (χ3n) is 3.47. The molecule has 0 unspecified atom stereocenters. The molecule has 0 aliphatic heterocycles. The average Bonchev–Trinajstić information content (AvgIpc) is 3.10. The van der Waals surface area contributed by atoms with E-state index in [2.05, 4.69) is 14.3 Å². The Hall–Kier alpha value is -3.08. The summed E-state index contributed by atoms with van der Waals surface area (Å²) in [7, 11) is -5.13. The molecule has 27 heavy (non-hydrogen) atoms. The maximum Gasteiger partial charge on any atom is 0.488 e. The Bertz CT molecular complexity index is 1030. The molecule has 1 aromatic heterocycles. The lowest BCUT2D eigenvalue weighted by Gasteiger charge is -2.11. The van der Waals surface area contributed by atoms with Gasteiger partial charge in [0, 0.05) is 5.56 Å². The Morgan fingerprint density at radius 2 is 1.74 bits per heavy atom. The molecule has 0 fully saturated rings. The first-order chi connectivity index (χ1) is 12.8. The Morgan fingerprint density at radius 1 is 1.04 bits per heavy atom. The van der Waals surface area contributed by atoms with Crippen molar-refractivity contribution in [2.24, 2.45) is 0 Å². The molecule has 0 amide bonds. The van der Waals surface area contributed by atoms with Gasteiger partial charge in [0.2, 0.25) is 0 Å². The molecule has 3 aromatic rings. The minimum absolute atomic E-state index is 0.0723. The maximum absolute atomic E-state index is 14.6. The van der Waals surface area contributed by atoms with Crippen molar-refractivity contribution >= 4 is 10.5 Å². The molecule has 0 aliphatic carbocycles. The van der Waals surface area contributed by atoms with Crippen LogP contribution < -0.4 is 8.92 Å². The minimum atomic E-state index is -5.13. The largest absolute Gasteiger partial charge is 0.489 e. The molecule has 1 heterocycles. The maximum atomic E-state index is 14.6. The van der Waals surface area contributed by atoms with E-state index in [9.17, 15) is 21.1 Å². The van der Waals surface area contributed by atoms with Crippen molar-refractivity contribution in [2.45, 2.75) is 13.2 Å². The first-order valence-electron chi connectivity index (χ1n) is 7.47. The Kier molecular flexibility index (Phi) is 5.31. The summed E-state index contributed by atoms with van der Waals surface area (Å²) in [6, 6.07) is 7.25. The molecule has 0 bridgehead atoms. The summed E-state index contributed by atoms with van der Waals surface area (Å²) in [5, 5.41) is 3.86. The van der Waals surface area contributed by atoms with Crippen molar-refractivity contribution in [2.75, 3.05) is 0 Å². The van der Waals surface area contributed by atoms with Gasteiger partial charge in [-0.15, -0.1) is 0 Å². The summed E-state index contributed by atoms with van der Waals surface area (Å²) in [5.41, 5.74) is -0.0725. The van der Waals surface area contributed by atoms with E-state index in [4.69, 9.17) is 4.74 Å². The summed E-state index contributed by atoms with van der Waals surface area (Å²) < 4.78 is 72.5. The van der Waals surface area contributed by atoms with Gasteiger partial charge in [0.1, 0.15) is 42.4 Å². The normalized spacial score (nSPS) is 11.4. The number of hydrogen-bond donors (Lipinski definition) is 0. The minimum Gasteiger partial charge on any atom is -0.489 e. The van der Waals surface area contributed by atoms with Crippen LogP contribution in [0, 0.1) is 11.6 Å². The van der Waals surface area contributed by atoms with Gasteiger partial charge in [-0.25, -0.2) is 18.4 Å². The van der Waals surface area contributed by atoms with Crippen molar-refractivity contribution in [3.8, 4) is 11.5 Å². The molecule has 0 N–H and O–H groups in total.